The fourth-order valence-corrected chi connectivity index (χ4v) is 2.37. The summed E-state index contributed by atoms with van der Waals surface area (Å²) in [7, 11) is 0. The zero-order chi connectivity index (χ0) is 13.3. The molecule has 0 saturated carbocycles. The van der Waals surface area contributed by atoms with Gasteiger partial charge in [-0.1, -0.05) is 6.07 Å². The molecular formula is C12H9F4NS. The van der Waals surface area contributed by atoms with Gasteiger partial charge in [-0.3, -0.25) is 0 Å². The van der Waals surface area contributed by atoms with Crippen LogP contribution in [0.2, 0.25) is 0 Å². The lowest BCUT2D eigenvalue weighted by atomic mass is 9.96. The summed E-state index contributed by atoms with van der Waals surface area (Å²) in [5.74, 6) is -0.927. The van der Waals surface area contributed by atoms with E-state index in [0.29, 0.717) is 11.6 Å². The second-order valence-corrected chi connectivity index (χ2v) is 4.54. The van der Waals surface area contributed by atoms with E-state index in [2.05, 4.69) is 0 Å². The fraction of sp³-hybridized carbons (Fsp3) is 0.167. The molecule has 0 spiro atoms. The van der Waals surface area contributed by atoms with Gasteiger partial charge in [0.1, 0.15) is 5.82 Å². The molecule has 6 heteroatoms. The number of rotatable bonds is 2. The highest BCUT2D eigenvalue weighted by atomic mass is 32.1. The monoisotopic (exact) mass is 275 g/mol. The van der Waals surface area contributed by atoms with E-state index in [1.807, 2.05) is 0 Å². The summed E-state index contributed by atoms with van der Waals surface area (Å²) in [6.45, 7) is 0. The molecule has 1 aromatic carbocycles. The minimum atomic E-state index is -4.62. The number of thiophene rings is 1. The Morgan fingerprint density at radius 1 is 1.17 bits per heavy atom. The second kappa shape index (κ2) is 4.70. The summed E-state index contributed by atoms with van der Waals surface area (Å²) < 4.78 is 51.4. The number of halogens is 4. The highest BCUT2D eigenvalue weighted by molar-refractivity contribution is 7.08. The van der Waals surface area contributed by atoms with Crippen LogP contribution in [0.4, 0.5) is 17.6 Å². The SMILES string of the molecule is N[C@@H](c1ccsc1)c1ccc(F)cc1C(F)(F)F. The number of benzene rings is 1. The lowest BCUT2D eigenvalue weighted by Crippen LogP contribution is -2.18. The Morgan fingerprint density at radius 2 is 1.89 bits per heavy atom. The lowest BCUT2D eigenvalue weighted by molar-refractivity contribution is -0.138. The topological polar surface area (TPSA) is 26.0 Å². The van der Waals surface area contributed by atoms with E-state index in [0.717, 1.165) is 12.1 Å². The minimum absolute atomic E-state index is 0.123. The van der Waals surface area contributed by atoms with E-state index in [4.69, 9.17) is 5.73 Å². The van der Waals surface area contributed by atoms with Gasteiger partial charge in [0.15, 0.2) is 0 Å². The van der Waals surface area contributed by atoms with Gasteiger partial charge in [0.2, 0.25) is 0 Å². The first-order valence-corrected chi connectivity index (χ1v) is 5.98. The normalized spacial score (nSPS) is 13.6. The van der Waals surface area contributed by atoms with Gasteiger partial charge in [-0.15, -0.1) is 0 Å². The van der Waals surface area contributed by atoms with Crippen LogP contribution < -0.4 is 5.73 Å². The second-order valence-electron chi connectivity index (χ2n) is 3.76. The predicted octanol–water partition coefficient (Wildman–Crippen LogP) is 3.95. The summed E-state index contributed by atoms with van der Waals surface area (Å²) in [6, 6.07) is 3.28. The van der Waals surface area contributed by atoms with Gasteiger partial charge < -0.3 is 5.73 Å². The van der Waals surface area contributed by atoms with Gasteiger partial charge in [0.05, 0.1) is 11.6 Å². The third kappa shape index (κ3) is 2.54. The molecule has 0 fully saturated rings. The molecule has 1 atom stereocenters. The Bertz CT molecular complexity index is 534. The van der Waals surface area contributed by atoms with E-state index < -0.39 is 23.6 Å². The molecule has 0 bridgehead atoms. The van der Waals surface area contributed by atoms with Crippen LogP contribution in [-0.2, 0) is 6.18 Å². The van der Waals surface area contributed by atoms with Crippen molar-refractivity contribution in [3.8, 4) is 0 Å². The molecule has 96 valence electrons. The summed E-state index contributed by atoms with van der Waals surface area (Å²) in [6.07, 6.45) is -4.62. The highest BCUT2D eigenvalue weighted by Crippen LogP contribution is 2.36. The van der Waals surface area contributed by atoms with Crippen LogP contribution in [0.3, 0.4) is 0 Å². The Kier molecular flexibility index (Phi) is 3.41. The van der Waals surface area contributed by atoms with Crippen molar-refractivity contribution in [2.45, 2.75) is 12.2 Å². The van der Waals surface area contributed by atoms with E-state index >= 15 is 0 Å². The van der Waals surface area contributed by atoms with E-state index in [1.165, 1.54) is 11.3 Å². The first-order valence-electron chi connectivity index (χ1n) is 5.04. The molecule has 18 heavy (non-hydrogen) atoms. The average molecular weight is 275 g/mol. The summed E-state index contributed by atoms with van der Waals surface area (Å²) >= 11 is 1.34. The number of hydrogen-bond acceptors (Lipinski definition) is 2. The van der Waals surface area contributed by atoms with Crippen molar-refractivity contribution in [1.29, 1.82) is 0 Å². The number of nitrogens with two attached hydrogens (primary N) is 1. The molecule has 0 aliphatic carbocycles. The molecule has 1 nitrogen and oxygen atoms in total. The molecule has 0 unspecified atom stereocenters. The van der Waals surface area contributed by atoms with Gasteiger partial charge >= 0.3 is 6.18 Å². The van der Waals surface area contributed by atoms with Gasteiger partial charge in [-0.05, 0) is 40.1 Å². The highest BCUT2D eigenvalue weighted by Gasteiger charge is 2.35. The first kappa shape index (κ1) is 13.0. The van der Waals surface area contributed by atoms with Crippen molar-refractivity contribution in [1.82, 2.24) is 0 Å². The molecule has 0 aliphatic heterocycles. The van der Waals surface area contributed by atoms with Crippen molar-refractivity contribution >= 4 is 11.3 Å². The van der Waals surface area contributed by atoms with Crippen LogP contribution in [0.25, 0.3) is 0 Å². The van der Waals surface area contributed by atoms with E-state index in [1.54, 1.807) is 16.8 Å². The number of hydrogen-bond donors (Lipinski definition) is 1. The molecular weight excluding hydrogens is 266 g/mol. The molecule has 2 aromatic rings. The molecule has 0 aliphatic rings. The van der Waals surface area contributed by atoms with Crippen molar-refractivity contribution in [2.75, 3.05) is 0 Å². The van der Waals surface area contributed by atoms with E-state index in [-0.39, 0.29) is 5.56 Å². The molecule has 0 radical (unpaired) electrons. The third-order valence-electron chi connectivity index (χ3n) is 2.56. The summed E-state index contributed by atoms with van der Waals surface area (Å²) in [4.78, 5) is 0. The Hall–Kier alpha value is -1.40. The molecule has 0 saturated heterocycles. The van der Waals surface area contributed by atoms with Gasteiger partial charge in [0.25, 0.3) is 0 Å². The maximum absolute atomic E-state index is 12.9. The van der Waals surface area contributed by atoms with Crippen LogP contribution in [-0.4, -0.2) is 0 Å². The maximum Gasteiger partial charge on any atom is 0.416 e. The smallest absolute Gasteiger partial charge is 0.320 e. The Balaban J connectivity index is 2.51. The van der Waals surface area contributed by atoms with Gasteiger partial charge in [-0.25, -0.2) is 4.39 Å². The van der Waals surface area contributed by atoms with Crippen LogP contribution in [0.15, 0.2) is 35.0 Å². The third-order valence-corrected chi connectivity index (χ3v) is 3.26. The van der Waals surface area contributed by atoms with Gasteiger partial charge in [-0.2, -0.15) is 24.5 Å². The zero-order valence-electron chi connectivity index (χ0n) is 9.04. The Labute approximate surface area is 105 Å². The summed E-state index contributed by atoms with van der Waals surface area (Å²) in [5.41, 5.74) is 5.22. The molecule has 0 amide bonds. The van der Waals surface area contributed by atoms with Crippen molar-refractivity contribution in [2.24, 2.45) is 5.73 Å². The zero-order valence-corrected chi connectivity index (χ0v) is 9.86. The van der Waals surface area contributed by atoms with Crippen LogP contribution in [0.1, 0.15) is 22.7 Å². The van der Waals surface area contributed by atoms with Crippen molar-refractivity contribution in [3.05, 3.63) is 57.5 Å². The van der Waals surface area contributed by atoms with Crippen LogP contribution >= 0.6 is 11.3 Å². The standard InChI is InChI=1S/C12H9F4NS/c13-8-1-2-9(10(5-8)12(14,15)16)11(17)7-3-4-18-6-7/h1-6,11H,17H2/t11-/m0/s1. The van der Waals surface area contributed by atoms with Crippen molar-refractivity contribution in [3.63, 3.8) is 0 Å². The average Bonchev–Trinajstić information content (AvgIpc) is 2.80. The predicted molar refractivity (Wildman–Crippen MR) is 61.8 cm³/mol. The fourth-order valence-electron chi connectivity index (χ4n) is 1.68. The molecule has 2 N–H and O–H groups in total. The molecule has 2 rings (SSSR count). The first-order chi connectivity index (χ1) is 8.39. The maximum atomic E-state index is 12.9. The minimum Gasteiger partial charge on any atom is -0.320 e. The summed E-state index contributed by atoms with van der Waals surface area (Å²) in [5, 5.41) is 3.40. The molecule has 1 heterocycles. The Morgan fingerprint density at radius 3 is 2.44 bits per heavy atom. The lowest BCUT2D eigenvalue weighted by Gasteiger charge is -2.17. The number of alkyl halides is 3. The van der Waals surface area contributed by atoms with E-state index in [9.17, 15) is 17.6 Å². The quantitative estimate of drug-likeness (QED) is 0.825. The largest absolute Gasteiger partial charge is 0.416 e. The van der Waals surface area contributed by atoms with Crippen LogP contribution in [0.5, 0.6) is 0 Å². The van der Waals surface area contributed by atoms with Gasteiger partial charge in [0, 0.05) is 0 Å². The van der Waals surface area contributed by atoms with Crippen molar-refractivity contribution < 1.29 is 17.6 Å². The van der Waals surface area contributed by atoms with Crippen LogP contribution in [0, 0.1) is 5.82 Å². The molecule has 1 aromatic heterocycles.